The Morgan fingerprint density at radius 2 is 1.80 bits per heavy atom. The lowest BCUT2D eigenvalue weighted by Crippen LogP contribution is -2.55. The highest BCUT2D eigenvalue weighted by Gasteiger charge is 2.55. The number of cyclic esters (lactones) is 1. The van der Waals surface area contributed by atoms with Crippen LogP contribution in [0.5, 0.6) is 0 Å². The van der Waals surface area contributed by atoms with Gasteiger partial charge in [-0.1, -0.05) is 12.1 Å². The number of rotatable bonds is 2. The number of ether oxygens (including phenoxy) is 3. The van der Waals surface area contributed by atoms with E-state index >= 15 is 0 Å². The SMILES string of the molecule is COC(=O)C1(C(=O)OC)Cc2c(C)cccc2C(=O)O1. The van der Waals surface area contributed by atoms with Crippen LogP contribution in [-0.2, 0) is 30.2 Å². The third kappa shape index (κ3) is 1.93. The predicted molar refractivity (Wildman–Crippen MR) is 67.1 cm³/mol. The van der Waals surface area contributed by atoms with E-state index in [9.17, 15) is 14.4 Å². The highest BCUT2D eigenvalue weighted by molar-refractivity contribution is 6.09. The molecule has 0 radical (unpaired) electrons. The molecule has 0 unspecified atom stereocenters. The highest BCUT2D eigenvalue weighted by Crippen LogP contribution is 2.32. The molecule has 0 atom stereocenters. The Hall–Kier alpha value is -2.37. The lowest BCUT2D eigenvalue weighted by molar-refractivity contribution is -0.181. The molecule has 0 saturated heterocycles. The Morgan fingerprint density at radius 1 is 1.20 bits per heavy atom. The van der Waals surface area contributed by atoms with E-state index in [1.807, 2.05) is 0 Å². The second-order valence-electron chi connectivity index (χ2n) is 4.48. The van der Waals surface area contributed by atoms with Crippen LogP contribution in [0.2, 0.25) is 0 Å². The molecule has 0 spiro atoms. The Balaban J connectivity index is 2.59. The maximum Gasteiger partial charge on any atom is 0.362 e. The fourth-order valence-corrected chi connectivity index (χ4v) is 2.27. The largest absolute Gasteiger partial charge is 0.466 e. The summed E-state index contributed by atoms with van der Waals surface area (Å²) in [5.74, 6) is -2.65. The van der Waals surface area contributed by atoms with Gasteiger partial charge in [-0.25, -0.2) is 14.4 Å². The summed E-state index contributed by atoms with van der Waals surface area (Å²) >= 11 is 0. The molecule has 1 aromatic rings. The summed E-state index contributed by atoms with van der Waals surface area (Å²) < 4.78 is 14.3. The molecule has 2 rings (SSSR count). The van der Waals surface area contributed by atoms with Gasteiger partial charge in [-0.15, -0.1) is 0 Å². The van der Waals surface area contributed by atoms with Gasteiger partial charge in [-0.3, -0.25) is 0 Å². The van der Waals surface area contributed by atoms with Crippen LogP contribution in [0.25, 0.3) is 0 Å². The first-order valence-corrected chi connectivity index (χ1v) is 5.95. The first-order chi connectivity index (χ1) is 9.46. The number of hydrogen-bond acceptors (Lipinski definition) is 6. The summed E-state index contributed by atoms with van der Waals surface area (Å²) in [6.07, 6.45) is -0.0971. The third-order valence-corrected chi connectivity index (χ3v) is 3.35. The fourth-order valence-electron chi connectivity index (χ4n) is 2.27. The number of carbonyl (C=O) groups excluding carboxylic acids is 3. The third-order valence-electron chi connectivity index (χ3n) is 3.35. The molecule has 20 heavy (non-hydrogen) atoms. The molecule has 1 heterocycles. The van der Waals surface area contributed by atoms with Crippen molar-refractivity contribution in [3.05, 3.63) is 34.9 Å². The topological polar surface area (TPSA) is 78.9 Å². The van der Waals surface area contributed by atoms with E-state index in [-0.39, 0.29) is 6.42 Å². The van der Waals surface area contributed by atoms with E-state index in [2.05, 4.69) is 9.47 Å². The molecule has 6 heteroatoms. The molecule has 0 aliphatic carbocycles. The van der Waals surface area contributed by atoms with E-state index in [1.54, 1.807) is 25.1 Å². The first-order valence-electron chi connectivity index (χ1n) is 5.95. The molecular formula is C14H14O6. The lowest BCUT2D eigenvalue weighted by Gasteiger charge is -2.32. The van der Waals surface area contributed by atoms with Crippen LogP contribution in [0.4, 0.5) is 0 Å². The maximum absolute atomic E-state index is 12.1. The van der Waals surface area contributed by atoms with Gasteiger partial charge < -0.3 is 14.2 Å². The van der Waals surface area contributed by atoms with E-state index in [4.69, 9.17) is 4.74 Å². The van der Waals surface area contributed by atoms with Gasteiger partial charge in [0.15, 0.2) is 0 Å². The lowest BCUT2D eigenvalue weighted by atomic mass is 9.86. The van der Waals surface area contributed by atoms with Crippen molar-refractivity contribution < 1.29 is 28.6 Å². The van der Waals surface area contributed by atoms with Gasteiger partial charge in [0.1, 0.15) is 0 Å². The summed E-state index contributed by atoms with van der Waals surface area (Å²) in [6, 6.07) is 5.08. The minimum atomic E-state index is -2.07. The summed E-state index contributed by atoms with van der Waals surface area (Å²) in [7, 11) is 2.24. The molecule has 0 N–H and O–H groups in total. The van der Waals surface area contributed by atoms with Crippen molar-refractivity contribution in [2.75, 3.05) is 14.2 Å². The van der Waals surface area contributed by atoms with Crippen molar-refractivity contribution in [1.29, 1.82) is 0 Å². The number of hydrogen-bond donors (Lipinski definition) is 0. The minimum Gasteiger partial charge on any atom is -0.466 e. The molecule has 0 aromatic heterocycles. The van der Waals surface area contributed by atoms with Gasteiger partial charge in [0.2, 0.25) is 0 Å². The van der Waals surface area contributed by atoms with Crippen molar-refractivity contribution >= 4 is 17.9 Å². The quantitative estimate of drug-likeness (QED) is 0.452. The average molecular weight is 278 g/mol. The average Bonchev–Trinajstić information content (AvgIpc) is 2.46. The van der Waals surface area contributed by atoms with E-state index in [0.29, 0.717) is 11.1 Å². The Kier molecular flexibility index (Phi) is 3.48. The van der Waals surface area contributed by atoms with Gasteiger partial charge in [-0.2, -0.15) is 0 Å². The second-order valence-corrected chi connectivity index (χ2v) is 4.48. The van der Waals surface area contributed by atoms with Crippen molar-refractivity contribution in [3.63, 3.8) is 0 Å². The van der Waals surface area contributed by atoms with Crippen LogP contribution in [0.3, 0.4) is 0 Å². The van der Waals surface area contributed by atoms with Gasteiger partial charge >= 0.3 is 23.5 Å². The van der Waals surface area contributed by atoms with Gasteiger partial charge in [-0.05, 0) is 24.1 Å². The molecule has 0 saturated carbocycles. The normalized spacial score (nSPS) is 15.8. The standard InChI is InChI=1S/C14H14O6/c1-8-5-4-6-9-10(8)7-14(12(16)18-2,13(17)19-3)20-11(9)15/h4-6H,7H2,1-3H3. The molecule has 1 aliphatic rings. The molecule has 6 nitrogen and oxygen atoms in total. The number of methoxy groups -OCH3 is 2. The van der Waals surface area contributed by atoms with Crippen molar-refractivity contribution in [2.45, 2.75) is 18.9 Å². The number of benzene rings is 1. The Bertz CT molecular complexity index is 573. The number of carbonyl (C=O) groups is 3. The fraction of sp³-hybridized carbons (Fsp3) is 0.357. The predicted octanol–water partition coefficient (Wildman–Crippen LogP) is 0.793. The Morgan fingerprint density at radius 3 is 2.35 bits per heavy atom. The zero-order valence-corrected chi connectivity index (χ0v) is 11.4. The van der Waals surface area contributed by atoms with E-state index in [1.165, 1.54) is 0 Å². The van der Waals surface area contributed by atoms with Gasteiger partial charge in [0.25, 0.3) is 0 Å². The van der Waals surface area contributed by atoms with Crippen LogP contribution in [0.15, 0.2) is 18.2 Å². The molecule has 1 aromatic carbocycles. The summed E-state index contributed by atoms with van der Waals surface area (Å²) in [6.45, 7) is 1.79. The first kappa shape index (κ1) is 14.0. The van der Waals surface area contributed by atoms with E-state index in [0.717, 1.165) is 19.8 Å². The van der Waals surface area contributed by atoms with Crippen LogP contribution in [-0.4, -0.2) is 37.7 Å². The van der Waals surface area contributed by atoms with Crippen molar-refractivity contribution in [1.82, 2.24) is 0 Å². The zero-order valence-electron chi connectivity index (χ0n) is 11.4. The van der Waals surface area contributed by atoms with Gasteiger partial charge in [0.05, 0.1) is 19.8 Å². The smallest absolute Gasteiger partial charge is 0.362 e. The van der Waals surface area contributed by atoms with Crippen LogP contribution in [0.1, 0.15) is 21.5 Å². The van der Waals surface area contributed by atoms with Crippen LogP contribution in [0, 0.1) is 6.92 Å². The van der Waals surface area contributed by atoms with Crippen molar-refractivity contribution in [2.24, 2.45) is 0 Å². The number of fused-ring (bicyclic) bond motifs is 1. The highest BCUT2D eigenvalue weighted by atomic mass is 16.6. The Labute approximate surface area is 115 Å². The monoisotopic (exact) mass is 278 g/mol. The maximum atomic E-state index is 12.1. The summed E-state index contributed by atoms with van der Waals surface area (Å²) in [5.41, 5.74) is -0.357. The van der Waals surface area contributed by atoms with Gasteiger partial charge in [0, 0.05) is 6.42 Å². The molecule has 1 aliphatic heterocycles. The zero-order chi connectivity index (χ0) is 14.9. The second kappa shape index (κ2) is 4.96. The molecule has 0 bridgehead atoms. The molecule has 0 amide bonds. The number of aryl methyl sites for hydroxylation is 1. The number of esters is 3. The minimum absolute atomic E-state index is 0.0971. The van der Waals surface area contributed by atoms with Crippen LogP contribution < -0.4 is 0 Å². The summed E-state index contributed by atoms with van der Waals surface area (Å²) in [5, 5.41) is 0. The van der Waals surface area contributed by atoms with E-state index < -0.39 is 23.5 Å². The molecule has 106 valence electrons. The van der Waals surface area contributed by atoms with Crippen LogP contribution >= 0.6 is 0 Å². The van der Waals surface area contributed by atoms with Crippen molar-refractivity contribution in [3.8, 4) is 0 Å². The summed E-state index contributed by atoms with van der Waals surface area (Å²) in [4.78, 5) is 36.0. The molecular weight excluding hydrogens is 264 g/mol. The molecule has 0 fully saturated rings.